The predicted molar refractivity (Wildman–Crippen MR) is 91.5 cm³/mol. The lowest BCUT2D eigenvalue weighted by molar-refractivity contribution is -0.120. The van der Waals surface area contributed by atoms with Gasteiger partial charge in [0.25, 0.3) is 0 Å². The zero-order valence-corrected chi connectivity index (χ0v) is 14.7. The summed E-state index contributed by atoms with van der Waals surface area (Å²) in [5.41, 5.74) is 0.409. The number of nitrogens with one attached hydrogen (secondary N) is 2. The van der Waals surface area contributed by atoms with Crippen LogP contribution in [0.1, 0.15) is 44.9 Å². The van der Waals surface area contributed by atoms with Gasteiger partial charge in [-0.1, -0.05) is 19.3 Å². The van der Waals surface area contributed by atoms with E-state index in [0.717, 1.165) is 38.5 Å². The van der Waals surface area contributed by atoms with Gasteiger partial charge in [-0.05, 0) is 43.9 Å². The molecule has 0 atom stereocenters. The van der Waals surface area contributed by atoms with E-state index in [-0.39, 0.29) is 22.8 Å². The van der Waals surface area contributed by atoms with E-state index in [4.69, 9.17) is 4.74 Å². The molecule has 0 aliphatic heterocycles. The summed E-state index contributed by atoms with van der Waals surface area (Å²) in [6.45, 7) is 0. The third kappa shape index (κ3) is 4.08. The summed E-state index contributed by atoms with van der Waals surface area (Å²) in [7, 11) is -2.06. The quantitative estimate of drug-likeness (QED) is 0.824. The lowest BCUT2D eigenvalue weighted by Crippen LogP contribution is -2.27. The molecule has 0 heterocycles. The molecule has 1 aromatic carbocycles. The van der Waals surface area contributed by atoms with Crippen molar-refractivity contribution < 1.29 is 17.9 Å². The molecule has 2 N–H and O–H groups in total. The van der Waals surface area contributed by atoms with E-state index in [2.05, 4.69) is 10.0 Å². The minimum atomic E-state index is -3.56. The summed E-state index contributed by atoms with van der Waals surface area (Å²) in [4.78, 5) is 12.6. The molecule has 1 aromatic rings. The van der Waals surface area contributed by atoms with E-state index in [1.807, 2.05) is 0 Å². The highest BCUT2D eigenvalue weighted by molar-refractivity contribution is 7.89. The number of hydrogen-bond acceptors (Lipinski definition) is 4. The van der Waals surface area contributed by atoms with Crippen LogP contribution in [-0.2, 0) is 14.8 Å². The summed E-state index contributed by atoms with van der Waals surface area (Å²) < 4.78 is 32.6. The lowest BCUT2D eigenvalue weighted by atomic mass is 9.88. The molecule has 1 amide bonds. The molecule has 3 rings (SSSR count). The van der Waals surface area contributed by atoms with Gasteiger partial charge < -0.3 is 10.1 Å². The Morgan fingerprint density at radius 1 is 1.12 bits per heavy atom. The molecule has 2 aliphatic carbocycles. The molecule has 0 spiro atoms. The number of amides is 1. The number of sulfonamides is 1. The molecule has 0 bridgehead atoms. The third-order valence-corrected chi connectivity index (χ3v) is 6.13. The normalized spacial score (nSPS) is 19.0. The van der Waals surface area contributed by atoms with Crippen molar-refractivity contribution in [3.05, 3.63) is 18.2 Å². The summed E-state index contributed by atoms with van der Waals surface area (Å²) in [6.07, 6.45) is 6.82. The van der Waals surface area contributed by atoms with Gasteiger partial charge in [-0.15, -0.1) is 0 Å². The van der Waals surface area contributed by atoms with E-state index in [9.17, 15) is 13.2 Å². The van der Waals surface area contributed by atoms with Crippen molar-refractivity contribution in [1.29, 1.82) is 0 Å². The van der Waals surface area contributed by atoms with Crippen molar-refractivity contribution in [1.82, 2.24) is 4.72 Å². The number of anilines is 1. The Morgan fingerprint density at radius 3 is 2.46 bits per heavy atom. The van der Waals surface area contributed by atoms with Crippen molar-refractivity contribution in [2.45, 2.75) is 55.9 Å². The zero-order valence-electron chi connectivity index (χ0n) is 13.9. The first-order valence-electron chi connectivity index (χ1n) is 8.51. The number of benzene rings is 1. The van der Waals surface area contributed by atoms with Crippen LogP contribution in [0.5, 0.6) is 5.75 Å². The Labute approximate surface area is 143 Å². The molecule has 0 unspecified atom stereocenters. The summed E-state index contributed by atoms with van der Waals surface area (Å²) in [5.74, 6) is 0.399. The van der Waals surface area contributed by atoms with Gasteiger partial charge >= 0.3 is 0 Å². The fourth-order valence-corrected chi connectivity index (χ4v) is 4.37. The Hall–Kier alpha value is -1.60. The average molecular weight is 352 g/mol. The highest BCUT2D eigenvalue weighted by Crippen LogP contribution is 2.31. The van der Waals surface area contributed by atoms with E-state index in [0.29, 0.717) is 11.4 Å². The van der Waals surface area contributed by atoms with E-state index in [1.54, 1.807) is 6.07 Å². The van der Waals surface area contributed by atoms with Crippen LogP contribution >= 0.6 is 0 Å². The number of carbonyl (C=O) groups is 1. The molecule has 7 heteroatoms. The van der Waals surface area contributed by atoms with Crippen molar-refractivity contribution >= 4 is 21.6 Å². The highest BCUT2D eigenvalue weighted by Gasteiger charge is 2.29. The molecule has 24 heavy (non-hydrogen) atoms. The van der Waals surface area contributed by atoms with Crippen LogP contribution in [0.4, 0.5) is 5.69 Å². The van der Waals surface area contributed by atoms with Crippen LogP contribution in [0.3, 0.4) is 0 Å². The maximum atomic E-state index is 12.5. The second kappa shape index (κ2) is 7.11. The van der Waals surface area contributed by atoms with Crippen LogP contribution in [0, 0.1) is 5.92 Å². The Bertz CT molecular complexity index is 707. The zero-order chi connectivity index (χ0) is 17.2. The van der Waals surface area contributed by atoms with Gasteiger partial charge in [0.2, 0.25) is 15.9 Å². The number of carbonyl (C=O) groups excluding carboxylic acids is 1. The van der Waals surface area contributed by atoms with E-state index in [1.165, 1.54) is 25.7 Å². The van der Waals surface area contributed by atoms with Crippen LogP contribution in [0.15, 0.2) is 23.1 Å². The molecule has 6 nitrogen and oxygen atoms in total. The second-order valence-electron chi connectivity index (χ2n) is 6.58. The second-order valence-corrected chi connectivity index (χ2v) is 8.30. The predicted octanol–water partition coefficient (Wildman–Crippen LogP) is 2.65. The van der Waals surface area contributed by atoms with E-state index < -0.39 is 10.0 Å². The van der Waals surface area contributed by atoms with Gasteiger partial charge in [-0.3, -0.25) is 4.79 Å². The molecule has 0 aromatic heterocycles. The minimum absolute atomic E-state index is 0.00620. The number of methoxy groups -OCH3 is 1. The molecule has 2 saturated carbocycles. The summed E-state index contributed by atoms with van der Waals surface area (Å²) in [5, 5.41) is 2.86. The van der Waals surface area contributed by atoms with Gasteiger partial charge in [0.05, 0.1) is 17.7 Å². The van der Waals surface area contributed by atoms with Gasteiger partial charge in [-0.2, -0.15) is 0 Å². The Kier molecular flexibility index (Phi) is 5.10. The van der Waals surface area contributed by atoms with Crippen molar-refractivity contribution in [2.24, 2.45) is 5.92 Å². The SMILES string of the molecule is COc1ccc(S(=O)(=O)NC2CC2)cc1NC(=O)C1CCCCC1. The molecule has 0 saturated heterocycles. The molecule has 0 radical (unpaired) electrons. The largest absolute Gasteiger partial charge is 0.495 e. The fourth-order valence-electron chi connectivity index (χ4n) is 3.04. The average Bonchev–Trinajstić information content (AvgIpc) is 3.39. The van der Waals surface area contributed by atoms with Crippen molar-refractivity contribution in [2.75, 3.05) is 12.4 Å². The topological polar surface area (TPSA) is 84.5 Å². The molecular weight excluding hydrogens is 328 g/mol. The molecule has 2 aliphatic rings. The maximum Gasteiger partial charge on any atom is 0.240 e. The molecule has 2 fully saturated rings. The number of ether oxygens (including phenoxy) is 1. The standard InChI is InChI=1S/C17H24N2O4S/c1-23-16-10-9-14(24(21,22)19-13-7-8-13)11-15(16)18-17(20)12-5-3-2-4-6-12/h9-13,19H,2-8H2,1H3,(H,18,20). The Morgan fingerprint density at radius 2 is 1.83 bits per heavy atom. The van der Waals surface area contributed by atoms with Crippen LogP contribution in [0.2, 0.25) is 0 Å². The van der Waals surface area contributed by atoms with Crippen molar-refractivity contribution in [3.8, 4) is 5.75 Å². The number of hydrogen-bond donors (Lipinski definition) is 2. The highest BCUT2D eigenvalue weighted by atomic mass is 32.2. The molecule has 132 valence electrons. The van der Waals surface area contributed by atoms with Crippen LogP contribution in [-0.4, -0.2) is 27.5 Å². The van der Waals surface area contributed by atoms with Gasteiger partial charge in [0.15, 0.2) is 0 Å². The first kappa shape index (κ1) is 17.2. The van der Waals surface area contributed by atoms with Gasteiger partial charge in [0.1, 0.15) is 5.75 Å². The van der Waals surface area contributed by atoms with Crippen molar-refractivity contribution in [3.63, 3.8) is 0 Å². The monoisotopic (exact) mass is 352 g/mol. The van der Waals surface area contributed by atoms with Gasteiger partial charge in [-0.25, -0.2) is 13.1 Å². The van der Waals surface area contributed by atoms with Crippen LogP contribution in [0.25, 0.3) is 0 Å². The number of rotatable bonds is 6. The maximum absolute atomic E-state index is 12.5. The first-order chi connectivity index (χ1) is 11.5. The van der Waals surface area contributed by atoms with Gasteiger partial charge in [0, 0.05) is 12.0 Å². The van der Waals surface area contributed by atoms with E-state index >= 15 is 0 Å². The Balaban J connectivity index is 1.79. The van der Waals surface area contributed by atoms with Crippen LogP contribution < -0.4 is 14.8 Å². The lowest BCUT2D eigenvalue weighted by Gasteiger charge is -2.21. The summed E-state index contributed by atoms with van der Waals surface area (Å²) >= 11 is 0. The fraction of sp³-hybridized carbons (Fsp3) is 0.588. The molecular formula is C17H24N2O4S. The first-order valence-corrected chi connectivity index (χ1v) is 9.99. The summed E-state index contributed by atoms with van der Waals surface area (Å²) in [6, 6.07) is 4.60. The smallest absolute Gasteiger partial charge is 0.240 e. The minimum Gasteiger partial charge on any atom is -0.495 e. The third-order valence-electron chi connectivity index (χ3n) is 4.61.